The normalized spacial score (nSPS) is 24.0. The van der Waals surface area contributed by atoms with Gasteiger partial charge in [-0.3, -0.25) is 9.59 Å². The summed E-state index contributed by atoms with van der Waals surface area (Å²) in [5.74, 6) is 0.0618. The summed E-state index contributed by atoms with van der Waals surface area (Å²) in [6.07, 6.45) is 6.10. The molecule has 6 nitrogen and oxygen atoms in total. The first-order valence-electron chi connectivity index (χ1n) is 8.76. The minimum atomic E-state index is -0.0516. The van der Waals surface area contributed by atoms with Gasteiger partial charge in [-0.15, -0.1) is 0 Å². The van der Waals surface area contributed by atoms with Gasteiger partial charge >= 0.3 is 11.9 Å². The lowest BCUT2D eigenvalue weighted by Gasteiger charge is -2.08. The minimum Gasteiger partial charge on any atom is -0.465 e. The second kappa shape index (κ2) is 10.6. The van der Waals surface area contributed by atoms with Crippen LogP contribution in [0.2, 0.25) is 0 Å². The molecule has 0 aliphatic carbocycles. The summed E-state index contributed by atoms with van der Waals surface area (Å²) in [5, 5.41) is 0. The van der Waals surface area contributed by atoms with E-state index in [0.29, 0.717) is 39.6 Å². The van der Waals surface area contributed by atoms with Gasteiger partial charge in [-0.1, -0.05) is 0 Å². The molecule has 0 aromatic heterocycles. The van der Waals surface area contributed by atoms with E-state index in [4.69, 9.17) is 18.9 Å². The van der Waals surface area contributed by atoms with Crippen molar-refractivity contribution in [1.29, 1.82) is 0 Å². The summed E-state index contributed by atoms with van der Waals surface area (Å²) in [7, 11) is 0. The van der Waals surface area contributed by atoms with Gasteiger partial charge in [-0.2, -0.15) is 0 Å². The molecular formula is C17H28O6. The molecule has 0 amide bonds. The zero-order valence-electron chi connectivity index (χ0n) is 13.8. The van der Waals surface area contributed by atoms with Crippen molar-refractivity contribution in [3.8, 4) is 0 Å². The highest BCUT2D eigenvalue weighted by atomic mass is 16.5. The van der Waals surface area contributed by atoms with Crippen molar-refractivity contribution in [2.75, 3.05) is 39.6 Å². The average Bonchev–Trinajstić information content (AvgIpc) is 3.14. The van der Waals surface area contributed by atoms with Crippen molar-refractivity contribution < 1.29 is 28.5 Å². The van der Waals surface area contributed by atoms with Crippen LogP contribution in [-0.4, -0.2) is 51.6 Å². The number of carbonyl (C=O) groups excluding carboxylic acids is 2. The van der Waals surface area contributed by atoms with E-state index in [9.17, 15) is 9.59 Å². The Hall–Kier alpha value is -1.14. The van der Waals surface area contributed by atoms with Crippen LogP contribution in [0.1, 0.15) is 44.9 Å². The zero-order chi connectivity index (χ0) is 16.3. The molecule has 6 heteroatoms. The van der Waals surface area contributed by atoms with Gasteiger partial charge < -0.3 is 18.9 Å². The highest BCUT2D eigenvalue weighted by Crippen LogP contribution is 2.20. The Balaban J connectivity index is 1.30. The second-order valence-electron chi connectivity index (χ2n) is 6.17. The van der Waals surface area contributed by atoms with Crippen molar-refractivity contribution in [3.05, 3.63) is 0 Å². The predicted octanol–water partition coefficient (Wildman–Crippen LogP) is 2.10. The van der Waals surface area contributed by atoms with E-state index in [0.717, 1.165) is 44.9 Å². The third-order valence-corrected chi connectivity index (χ3v) is 4.35. The lowest BCUT2D eigenvalue weighted by atomic mass is 10.0. The number of rotatable bonds is 12. The number of ether oxygens (including phenoxy) is 4. The van der Waals surface area contributed by atoms with Gasteiger partial charge in [0.1, 0.15) is 0 Å². The van der Waals surface area contributed by atoms with E-state index in [1.807, 2.05) is 0 Å². The van der Waals surface area contributed by atoms with Gasteiger partial charge in [0.2, 0.25) is 0 Å². The summed E-state index contributed by atoms with van der Waals surface area (Å²) < 4.78 is 20.9. The fraction of sp³-hybridized carbons (Fsp3) is 0.882. The SMILES string of the molecule is O=C1OCCC1CCCOCCCOCCCC1CCOC1=O. The number of carbonyl (C=O) groups is 2. The molecule has 0 saturated carbocycles. The van der Waals surface area contributed by atoms with Crippen LogP contribution in [0.25, 0.3) is 0 Å². The summed E-state index contributed by atoms with van der Waals surface area (Å²) in [5.41, 5.74) is 0. The highest BCUT2D eigenvalue weighted by Gasteiger charge is 2.26. The smallest absolute Gasteiger partial charge is 0.309 e. The van der Waals surface area contributed by atoms with E-state index in [1.54, 1.807) is 0 Å². The van der Waals surface area contributed by atoms with E-state index in [-0.39, 0.29) is 23.8 Å². The molecule has 0 aromatic carbocycles. The molecule has 0 bridgehead atoms. The van der Waals surface area contributed by atoms with Crippen molar-refractivity contribution in [3.63, 3.8) is 0 Å². The molecule has 2 atom stereocenters. The zero-order valence-corrected chi connectivity index (χ0v) is 13.8. The second-order valence-corrected chi connectivity index (χ2v) is 6.17. The Kier molecular flexibility index (Phi) is 8.39. The summed E-state index contributed by atoms with van der Waals surface area (Å²) in [6, 6.07) is 0. The average molecular weight is 328 g/mol. The van der Waals surface area contributed by atoms with E-state index < -0.39 is 0 Å². The minimum absolute atomic E-state index is 0.0516. The first-order chi connectivity index (χ1) is 11.3. The molecule has 23 heavy (non-hydrogen) atoms. The summed E-state index contributed by atoms with van der Waals surface area (Å²) >= 11 is 0. The topological polar surface area (TPSA) is 71.1 Å². The van der Waals surface area contributed by atoms with E-state index in [1.165, 1.54) is 0 Å². The molecule has 2 saturated heterocycles. The molecule has 2 aliphatic rings. The van der Waals surface area contributed by atoms with Crippen molar-refractivity contribution in [2.24, 2.45) is 11.8 Å². The molecule has 132 valence electrons. The quantitative estimate of drug-likeness (QED) is 0.403. The number of hydrogen-bond acceptors (Lipinski definition) is 6. The largest absolute Gasteiger partial charge is 0.465 e. The third kappa shape index (κ3) is 6.87. The molecule has 2 aliphatic heterocycles. The highest BCUT2D eigenvalue weighted by molar-refractivity contribution is 5.74. The van der Waals surface area contributed by atoms with Crippen LogP contribution in [0, 0.1) is 11.8 Å². The molecule has 0 aromatic rings. The van der Waals surface area contributed by atoms with Crippen LogP contribution in [0.3, 0.4) is 0 Å². The standard InChI is InChI=1S/C17H28O6/c18-16-14(6-12-22-16)4-1-8-20-10-3-11-21-9-2-5-15-7-13-23-17(15)19/h14-15H,1-13H2. The van der Waals surface area contributed by atoms with Crippen LogP contribution < -0.4 is 0 Å². The first kappa shape index (κ1) is 18.2. The monoisotopic (exact) mass is 328 g/mol. The first-order valence-corrected chi connectivity index (χ1v) is 8.76. The number of hydrogen-bond donors (Lipinski definition) is 0. The lowest BCUT2D eigenvalue weighted by Crippen LogP contribution is -2.10. The fourth-order valence-corrected chi connectivity index (χ4v) is 2.93. The van der Waals surface area contributed by atoms with E-state index in [2.05, 4.69) is 0 Å². The van der Waals surface area contributed by atoms with Crippen LogP contribution in [0.5, 0.6) is 0 Å². The maximum absolute atomic E-state index is 11.3. The van der Waals surface area contributed by atoms with Gasteiger partial charge in [-0.25, -0.2) is 0 Å². The lowest BCUT2D eigenvalue weighted by molar-refractivity contribution is -0.142. The molecule has 0 spiro atoms. The van der Waals surface area contributed by atoms with Gasteiger partial charge in [0.15, 0.2) is 0 Å². The predicted molar refractivity (Wildman–Crippen MR) is 82.9 cm³/mol. The molecule has 2 unspecified atom stereocenters. The Labute approximate surface area is 137 Å². The number of esters is 2. The molecule has 2 heterocycles. The van der Waals surface area contributed by atoms with Gasteiger partial charge in [0.25, 0.3) is 0 Å². The van der Waals surface area contributed by atoms with Crippen LogP contribution in [0.15, 0.2) is 0 Å². The summed E-state index contributed by atoms with van der Waals surface area (Å²) in [4.78, 5) is 22.5. The summed E-state index contributed by atoms with van der Waals surface area (Å²) in [6.45, 7) is 3.89. The molecule has 0 N–H and O–H groups in total. The molecular weight excluding hydrogens is 300 g/mol. The van der Waals surface area contributed by atoms with Crippen LogP contribution in [-0.2, 0) is 28.5 Å². The van der Waals surface area contributed by atoms with Gasteiger partial charge in [0.05, 0.1) is 25.0 Å². The van der Waals surface area contributed by atoms with Gasteiger partial charge in [0, 0.05) is 26.4 Å². The van der Waals surface area contributed by atoms with Crippen LogP contribution in [0.4, 0.5) is 0 Å². The van der Waals surface area contributed by atoms with Crippen LogP contribution >= 0.6 is 0 Å². The van der Waals surface area contributed by atoms with Crippen molar-refractivity contribution >= 4 is 11.9 Å². The van der Waals surface area contributed by atoms with E-state index >= 15 is 0 Å². The number of cyclic esters (lactones) is 2. The Morgan fingerprint density at radius 2 is 1.17 bits per heavy atom. The molecule has 0 radical (unpaired) electrons. The maximum atomic E-state index is 11.3. The maximum Gasteiger partial charge on any atom is 0.309 e. The Morgan fingerprint density at radius 1 is 0.739 bits per heavy atom. The third-order valence-electron chi connectivity index (χ3n) is 4.35. The molecule has 2 fully saturated rings. The Bertz CT molecular complexity index is 336. The van der Waals surface area contributed by atoms with Gasteiger partial charge in [-0.05, 0) is 44.9 Å². The fourth-order valence-electron chi connectivity index (χ4n) is 2.93. The Morgan fingerprint density at radius 3 is 1.57 bits per heavy atom. The molecule has 2 rings (SSSR count). The van der Waals surface area contributed by atoms with Crippen molar-refractivity contribution in [2.45, 2.75) is 44.9 Å². The van der Waals surface area contributed by atoms with Crippen molar-refractivity contribution in [1.82, 2.24) is 0 Å².